The summed E-state index contributed by atoms with van der Waals surface area (Å²) >= 11 is 0. The van der Waals surface area contributed by atoms with Gasteiger partial charge in [0.2, 0.25) is 23.6 Å². The summed E-state index contributed by atoms with van der Waals surface area (Å²) in [4.78, 5) is 67.2. The maximum absolute atomic E-state index is 13.6. The summed E-state index contributed by atoms with van der Waals surface area (Å²) in [5.74, 6) is -1.68. The van der Waals surface area contributed by atoms with Crippen LogP contribution in [0.25, 0.3) is 0 Å². The molecule has 1 aliphatic carbocycles. The number of hydrogen-bond acceptors (Lipinski definition) is 10. The normalized spacial score (nSPS) is 22.2. The molecule has 3 aromatic rings. The Morgan fingerprint density at radius 1 is 0.909 bits per heavy atom. The largest absolute Gasteiger partial charge is 0.493 e. The van der Waals surface area contributed by atoms with Gasteiger partial charge in [-0.05, 0) is 43.0 Å². The molecular weight excluding hydrogens is 708 g/mol. The second-order valence-corrected chi connectivity index (χ2v) is 14.1. The fourth-order valence-electron chi connectivity index (χ4n) is 6.79. The van der Waals surface area contributed by atoms with Gasteiger partial charge in [0.15, 0.2) is 11.5 Å². The van der Waals surface area contributed by atoms with Crippen LogP contribution < -0.4 is 36.1 Å². The van der Waals surface area contributed by atoms with Gasteiger partial charge in [0, 0.05) is 37.9 Å². The number of carbonyl (C=O) groups is 5. The van der Waals surface area contributed by atoms with Crippen LogP contribution in [0.5, 0.6) is 11.5 Å². The minimum absolute atomic E-state index is 0.0341. The Bertz CT molecular complexity index is 1760. The molecule has 6 N–H and O–H groups in total. The van der Waals surface area contributed by atoms with Crippen molar-refractivity contribution in [3.63, 3.8) is 0 Å². The average Bonchev–Trinajstić information content (AvgIpc) is 3.64. The molecule has 1 saturated carbocycles. The van der Waals surface area contributed by atoms with Gasteiger partial charge < -0.3 is 41.2 Å². The molecule has 2 heterocycles. The highest BCUT2D eigenvalue weighted by atomic mass is 16.5. The van der Waals surface area contributed by atoms with E-state index in [0.29, 0.717) is 36.6 Å². The lowest BCUT2D eigenvalue weighted by Crippen LogP contribution is -2.57. The highest BCUT2D eigenvalue weighted by molar-refractivity contribution is 5.98. The minimum Gasteiger partial charge on any atom is -0.493 e. The molecular formula is C39H52N8O8. The lowest BCUT2D eigenvalue weighted by molar-refractivity contribution is -0.134. The van der Waals surface area contributed by atoms with Crippen LogP contribution in [0.15, 0.2) is 54.7 Å². The van der Waals surface area contributed by atoms with E-state index in [1.54, 1.807) is 29.1 Å². The van der Waals surface area contributed by atoms with E-state index in [1.807, 2.05) is 30.3 Å². The van der Waals surface area contributed by atoms with E-state index in [9.17, 15) is 29.1 Å². The number of aryl methyl sites for hydroxylation is 1. The van der Waals surface area contributed by atoms with Crippen molar-refractivity contribution in [3.8, 4) is 11.5 Å². The number of nitrogens with one attached hydrogen (secondary N) is 5. The number of fused-ring (bicyclic) bond motifs is 4. The van der Waals surface area contributed by atoms with Gasteiger partial charge in [0.1, 0.15) is 23.8 Å². The first-order chi connectivity index (χ1) is 26.6. The fourth-order valence-corrected chi connectivity index (χ4v) is 6.79. The molecule has 1 aromatic heterocycles. The molecule has 16 heteroatoms. The van der Waals surface area contributed by atoms with Crippen LogP contribution in [0.4, 0.5) is 0 Å². The van der Waals surface area contributed by atoms with Crippen molar-refractivity contribution in [2.75, 3.05) is 20.3 Å². The molecule has 5 rings (SSSR count). The molecule has 4 bridgehead atoms. The van der Waals surface area contributed by atoms with E-state index in [1.165, 1.54) is 14.0 Å². The lowest BCUT2D eigenvalue weighted by atomic mass is 9.84. The molecule has 2 aromatic carbocycles. The third-order valence-corrected chi connectivity index (χ3v) is 9.81. The third-order valence-electron chi connectivity index (χ3n) is 9.81. The smallest absolute Gasteiger partial charge is 0.252 e. The summed E-state index contributed by atoms with van der Waals surface area (Å²) in [7, 11) is 1.51. The van der Waals surface area contributed by atoms with Crippen LogP contribution in [0.3, 0.4) is 0 Å². The summed E-state index contributed by atoms with van der Waals surface area (Å²) in [5.41, 5.74) is 1.56. The number of amides is 5. The molecule has 0 radical (unpaired) electrons. The van der Waals surface area contributed by atoms with Gasteiger partial charge in [-0.25, -0.2) is 0 Å². The number of hydrogen-bond donors (Lipinski definition) is 6. The van der Waals surface area contributed by atoms with Crippen molar-refractivity contribution >= 4 is 29.5 Å². The van der Waals surface area contributed by atoms with E-state index >= 15 is 0 Å². The summed E-state index contributed by atoms with van der Waals surface area (Å²) in [5, 5.41) is 32.5. The number of carbonyl (C=O) groups excluding carboxylic acids is 5. The Morgan fingerprint density at radius 2 is 1.67 bits per heavy atom. The maximum Gasteiger partial charge on any atom is 0.252 e. The number of ether oxygens (including phenoxy) is 2. The minimum atomic E-state index is -1.38. The molecule has 1 fully saturated rings. The van der Waals surface area contributed by atoms with Crippen molar-refractivity contribution in [1.29, 1.82) is 0 Å². The van der Waals surface area contributed by atoms with Crippen LogP contribution in [-0.2, 0) is 38.7 Å². The van der Waals surface area contributed by atoms with Gasteiger partial charge in [-0.15, -0.1) is 5.10 Å². The topological polar surface area (TPSA) is 215 Å². The van der Waals surface area contributed by atoms with Crippen molar-refractivity contribution in [2.45, 2.75) is 102 Å². The van der Waals surface area contributed by atoms with Crippen LogP contribution >= 0.6 is 0 Å². The number of aliphatic hydroxyl groups excluding tert-OH is 1. The van der Waals surface area contributed by atoms with E-state index in [-0.39, 0.29) is 44.0 Å². The zero-order valence-electron chi connectivity index (χ0n) is 31.4. The maximum atomic E-state index is 13.6. The first-order valence-corrected chi connectivity index (χ1v) is 19.0. The summed E-state index contributed by atoms with van der Waals surface area (Å²) < 4.78 is 13.1. The Balaban J connectivity index is 1.36. The molecule has 0 saturated heterocycles. The Labute approximate surface area is 320 Å². The number of aliphatic hydroxyl groups is 1. The first kappa shape index (κ1) is 40.7. The van der Waals surface area contributed by atoms with Crippen molar-refractivity contribution in [2.24, 2.45) is 5.92 Å². The number of nitrogens with zero attached hydrogens (tertiary/aromatic N) is 3. The predicted molar refractivity (Wildman–Crippen MR) is 201 cm³/mol. The molecule has 296 valence electrons. The van der Waals surface area contributed by atoms with Gasteiger partial charge in [-0.3, -0.25) is 28.7 Å². The molecule has 16 nitrogen and oxygen atoms in total. The second kappa shape index (κ2) is 20.2. The Kier molecular flexibility index (Phi) is 15.0. The monoisotopic (exact) mass is 760 g/mol. The molecule has 0 spiro atoms. The molecule has 0 unspecified atom stereocenters. The van der Waals surface area contributed by atoms with Gasteiger partial charge in [-0.2, -0.15) is 0 Å². The lowest BCUT2D eigenvalue weighted by Gasteiger charge is -2.27. The van der Waals surface area contributed by atoms with Crippen molar-refractivity contribution < 1.29 is 38.6 Å². The Morgan fingerprint density at radius 3 is 2.42 bits per heavy atom. The number of methoxy groups -OCH3 is 1. The zero-order valence-corrected chi connectivity index (χ0v) is 31.4. The first-order valence-electron chi connectivity index (χ1n) is 19.0. The SMILES string of the molecule is COc1ccc2cc1OCCCn1cc(nn1)CNC(=O)[C@@H](Cc1ccccc1)NC(=O)[C@H]([C@@H](C)O)NC(=O)CCNC(=O)[C@H](CC1CCCCC1)NC2=O. The van der Waals surface area contributed by atoms with E-state index in [2.05, 4.69) is 36.9 Å². The van der Waals surface area contributed by atoms with Gasteiger partial charge in [-0.1, -0.05) is 67.6 Å². The quantitative estimate of drug-likeness (QED) is 0.213. The standard InChI is InChI=1S/C39H52N8O8/c1-25(48)35-39(53)43-31(21-27-12-7-4-8-13-27)38(52)41-23-29-24-47(46-45-29)18-9-19-55-33-22-28(14-15-32(33)54-2)36(50)42-30(20-26-10-5-3-6-11-26)37(51)40-17-16-34(49)44-35/h4,7-8,12-15,22,24-26,30-31,35,48H,3,5-6,9-11,16-21,23H2,1-2H3,(H,40,51)(H,41,52)(H,42,50)(H,43,53)(H,44,49)/t25-,30+,31-,35+/m1/s1. The number of benzene rings is 2. The highest BCUT2D eigenvalue weighted by Crippen LogP contribution is 2.30. The molecule has 4 atom stereocenters. The Hall–Kier alpha value is -5.51. The van der Waals surface area contributed by atoms with Crippen LogP contribution in [0, 0.1) is 5.92 Å². The van der Waals surface area contributed by atoms with Gasteiger partial charge >= 0.3 is 0 Å². The molecule has 1 aliphatic heterocycles. The second-order valence-electron chi connectivity index (χ2n) is 14.1. The summed E-state index contributed by atoms with van der Waals surface area (Å²) in [6.45, 7) is 2.02. The summed E-state index contributed by atoms with van der Waals surface area (Å²) in [6, 6.07) is 10.6. The molecule has 5 amide bonds. The van der Waals surface area contributed by atoms with Gasteiger partial charge in [0.25, 0.3) is 5.91 Å². The molecule has 2 aliphatic rings. The number of aromatic nitrogens is 3. The fraction of sp³-hybridized carbons (Fsp3) is 0.513. The number of rotatable bonds is 6. The van der Waals surface area contributed by atoms with Crippen molar-refractivity contribution in [3.05, 3.63) is 71.5 Å². The van der Waals surface area contributed by atoms with Crippen LogP contribution in [0.1, 0.15) is 79.9 Å². The predicted octanol–water partition coefficient (Wildman–Crippen LogP) is 1.55. The average molecular weight is 761 g/mol. The zero-order chi connectivity index (χ0) is 39.2. The summed E-state index contributed by atoms with van der Waals surface area (Å²) in [6.07, 6.45) is 6.45. The van der Waals surface area contributed by atoms with Crippen LogP contribution in [0.2, 0.25) is 0 Å². The molecule has 55 heavy (non-hydrogen) atoms. The third kappa shape index (κ3) is 12.3. The van der Waals surface area contributed by atoms with Crippen LogP contribution in [-0.4, -0.2) is 94.1 Å². The van der Waals surface area contributed by atoms with E-state index < -0.39 is 53.8 Å². The van der Waals surface area contributed by atoms with Gasteiger partial charge in [0.05, 0.1) is 32.6 Å². The van der Waals surface area contributed by atoms with E-state index in [4.69, 9.17) is 9.47 Å². The highest BCUT2D eigenvalue weighted by Gasteiger charge is 2.31. The van der Waals surface area contributed by atoms with E-state index in [0.717, 1.165) is 37.7 Å². The van der Waals surface area contributed by atoms with Crippen molar-refractivity contribution in [1.82, 2.24) is 41.6 Å².